The summed E-state index contributed by atoms with van der Waals surface area (Å²) < 4.78 is 52.4. The van der Waals surface area contributed by atoms with Crippen LogP contribution < -0.4 is 31.4 Å². The van der Waals surface area contributed by atoms with Crippen molar-refractivity contribution in [2.24, 2.45) is 11.6 Å². The standard InChI is InChI=1S/C25H22ClF3N6O6/c1-39-16-10-9-14(17(26)19(16)40-2)18(34-13-7-5-12(6-8-13)20(30)31)22(36)35(32)21-15(4-3-11-33-21)23(37)41-24(38)25(27,28)29/h3-11,18,34H,32H2,1-2H3,(H3,30,31). The maximum atomic E-state index is 13.8. The Labute approximate surface area is 235 Å². The van der Waals surface area contributed by atoms with E-state index < -0.39 is 41.4 Å². The quantitative estimate of drug-likeness (QED) is 0.0545. The Morgan fingerprint density at radius 1 is 1.07 bits per heavy atom. The van der Waals surface area contributed by atoms with Gasteiger partial charge in [0.15, 0.2) is 17.3 Å². The maximum absolute atomic E-state index is 13.8. The van der Waals surface area contributed by atoms with Crippen LogP contribution in [0.3, 0.4) is 0 Å². The number of anilines is 2. The molecule has 0 saturated carbocycles. The summed E-state index contributed by atoms with van der Waals surface area (Å²) in [5, 5.41) is 10.8. The number of methoxy groups -OCH3 is 2. The van der Waals surface area contributed by atoms with Gasteiger partial charge >= 0.3 is 18.1 Å². The van der Waals surface area contributed by atoms with Crippen molar-refractivity contribution in [2.75, 3.05) is 24.5 Å². The van der Waals surface area contributed by atoms with Crippen molar-refractivity contribution >= 4 is 46.8 Å². The number of alkyl halides is 3. The predicted molar refractivity (Wildman–Crippen MR) is 141 cm³/mol. The Kier molecular flexibility index (Phi) is 9.36. The van der Waals surface area contributed by atoms with Crippen LogP contribution in [0.4, 0.5) is 24.7 Å². The van der Waals surface area contributed by atoms with E-state index in [0.717, 1.165) is 18.3 Å². The van der Waals surface area contributed by atoms with Crippen LogP contribution in [0.5, 0.6) is 11.5 Å². The predicted octanol–water partition coefficient (Wildman–Crippen LogP) is 3.34. The van der Waals surface area contributed by atoms with Crippen molar-refractivity contribution in [2.45, 2.75) is 12.2 Å². The summed E-state index contributed by atoms with van der Waals surface area (Å²) in [5.41, 5.74) is 5.64. The Balaban J connectivity index is 2.07. The largest absolute Gasteiger partial charge is 0.493 e. The smallest absolute Gasteiger partial charge is 0.491 e. The van der Waals surface area contributed by atoms with Crippen molar-refractivity contribution in [3.8, 4) is 11.5 Å². The van der Waals surface area contributed by atoms with Gasteiger partial charge in [0.2, 0.25) is 0 Å². The van der Waals surface area contributed by atoms with Gasteiger partial charge in [0, 0.05) is 23.0 Å². The van der Waals surface area contributed by atoms with E-state index >= 15 is 0 Å². The van der Waals surface area contributed by atoms with Crippen molar-refractivity contribution < 1.29 is 41.8 Å². The second kappa shape index (κ2) is 12.5. The lowest BCUT2D eigenvalue weighted by atomic mass is 10.0. The first kappa shape index (κ1) is 30.6. The molecule has 1 aromatic heterocycles. The lowest BCUT2D eigenvalue weighted by molar-refractivity contribution is -0.193. The van der Waals surface area contributed by atoms with Crippen molar-refractivity contribution in [1.82, 2.24) is 4.98 Å². The number of benzene rings is 2. The lowest BCUT2D eigenvalue weighted by Gasteiger charge is -2.27. The minimum absolute atomic E-state index is 0.0529. The summed E-state index contributed by atoms with van der Waals surface area (Å²) in [4.78, 5) is 41.2. The van der Waals surface area contributed by atoms with Crippen LogP contribution in [0, 0.1) is 5.41 Å². The molecule has 1 heterocycles. The molecule has 12 nitrogen and oxygen atoms in total. The lowest BCUT2D eigenvalue weighted by Crippen LogP contribution is -2.44. The van der Waals surface area contributed by atoms with Crippen LogP contribution in [0.25, 0.3) is 0 Å². The van der Waals surface area contributed by atoms with Gasteiger partial charge in [-0.1, -0.05) is 17.7 Å². The third kappa shape index (κ3) is 6.82. The number of ether oxygens (including phenoxy) is 3. The second-order valence-corrected chi connectivity index (χ2v) is 8.41. The molecule has 16 heteroatoms. The first-order chi connectivity index (χ1) is 19.3. The van der Waals surface area contributed by atoms with E-state index in [-0.39, 0.29) is 27.9 Å². The summed E-state index contributed by atoms with van der Waals surface area (Å²) in [6.45, 7) is 0. The normalized spacial score (nSPS) is 11.7. The minimum atomic E-state index is -5.45. The zero-order chi connectivity index (χ0) is 30.5. The molecule has 1 amide bonds. The highest BCUT2D eigenvalue weighted by Crippen LogP contribution is 2.41. The fraction of sp³-hybridized carbons (Fsp3) is 0.160. The first-order valence-corrected chi connectivity index (χ1v) is 11.7. The zero-order valence-corrected chi connectivity index (χ0v) is 22.0. The van der Waals surface area contributed by atoms with Crippen LogP contribution in [0.2, 0.25) is 5.02 Å². The van der Waals surface area contributed by atoms with Crippen molar-refractivity contribution in [3.63, 3.8) is 0 Å². The number of pyridine rings is 1. The van der Waals surface area contributed by atoms with Gasteiger partial charge in [-0.25, -0.2) is 25.4 Å². The number of hydrazine groups is 1. The van der Waals surface area contributed by atoms with Gasteiger partial charge in [-0.05, 0) is 42.5 Å². The van der Waals surface area contributed by atoms with E-state index in [1.54, 1.807) is 0 Å². The number of nitrogens with zero attached hydrogens (tertiary/aromatic N) is 2. The van der Waals surface area contributed by atoms with E-state index in [1.165, 1.54) is 50.6 Å². The Morgan fingerprint density at radius 3 is 2.29 bits per heavy atom. The average Bonchev–Trinajstić information content (AvgIpc) is 2.94. The van der Waals surface area contributed by atoms with Crippen LogP contribution in [0.1, 0.15) is 27.5 Å². The highest BCUT2D eigenvalue weighted by Gasteiger charge is 2.43. The number of hydrogen-bond donors (Lipinski definition) is 4. The summed E-state index contributed by atoms with van der Waals surface area (Å²) in [5.74, 6) is 0.0514. The van der Waals surface area contributed by atoms with Gasteiger partial charge in [0.1, 0.15) is 17.4 Å². The number of amidine groups is 1. The number of hydrogen-bond acceptors (Lipinski definition) is 10. The van der Waals surface area contributed by atoms with Gasteiger partial charge in [-0.3, -0.25) is 10.2 Å². The summed E-state index contributed by atoms with van der Waals surface area (Å²) in [6, 6.07) is 9.65. The summed E-state index contributed by atoms with van der Waals surface area (Å²) in [6.07, 6.45) is -4.34. The van der Waals surface area contributed by atoms with E-state index in [2.05, 4.69) is 15.0 Å². The van der Waals surface area contributed by atoms with Gasteiger partial charge < -0.3 is 25.3 Å². The molecule has 0 saturated heterocycles. The number of halogens is 4. The van der Waals surface area contributed by atoms with Crippen molar-refractivity contribution in [3.05, 3.63) is 76.4 Å². The molecule has 0 bridgehead atoms. The van der Waals surface area contributed by atoms with Crippen LogP contribution in [-0.4, -0.2) is 49.1 Å². The van der Waals surface area contributed by atoms with Gasteiger partial charge in [0.05, 0.1) is 19.2 Å². The van der Waals surface area contributed by atoms with Crippen molar-refractivity contribution in [1.29, 1.82) is 5.41 Å². The maximum Gasteiger partial charge on any atom is 0.491 e. The molecule has 0 spiro atoms. The second-order valence-electron chi connectivity index (χ2n) is 8.03. The molecule has 0 aliphatic rings. The molecule has 0 radical (unpaired) electrons. The third-order valence-electron chi connectivity index (χ3n) is 5.47. The number of nitrogen functional groups attached to an aromatic ring is 1. The van der Waals surface area contributed by atoms with Crippen LogP contribution in [0.15, 0.2) is 54.7 Å². The molecule has 0 aliphatic carbocycles. The van der Waals surface area contributed by atoms with E-state index in [9.17, 15) is 27.6 Å². The molecule has 3 rings (SSSR count). The van der Waals surface area contributed by atoms with Gasteiger partial charge in [0.25, 0.3) is 5.91 Å². The number of esters is 2. The number of carbonyl (C=O) groups excluding carboxylic acids is 3. The Hall–Kier alpha value is -4.89. The summed E-state index contributed by atoms with van der Waals surface area (Å²) in [7, 11) is 2.69. The average molecular weight is 595 g/mol. The molecule has 0 fully saturated rings. The SMILES string of the molecule is COc1ccc(C(Nc2ccc(C(=N)N)cc2)C(=O)N(N)c2ncccc2C(=O)OC(=O)C(F)(F)F)c(Cl)c1OC. The van der Waals surface area contributed by atoms with E-state index in [1.807, 2.05) is 0 Å². The minimum Gasteiger partial charge on any atom is -0.493 e. The number of rotatable bonds is 9. The molecular formula is C25H22ClF3N6O6. The molecule has 216 valence electrons. The highest BCUT2D eigenvalue weighted by molar-refractivity contribution is 6.33. The highest BCUT2D eigenvalue weighted by atomic mass is 35.5. The third-order valence-corrected chi connectivity index (χ3v) is 5.86. The summed E-state index contributed by atoms with van der Waals surface area (Å²) >= 11 is 6.56. The topological polar surface area (TPSA) is 183 Å². The number of nitrogens with one attached hydrogen (secondary N) is 2. The number of nitrogens with two attached hydrogens (primary N) is 2. The fourth-order valence-corrected chi connectivity index (χ4v) is 3.84. The number of amides is 1. The molecule has 0 aliphatic heterocycles. The number of carbonyl (C=O) groups is 3. The van der Waals surface area contributed by atoms with E-state index in [4.69, 9.17) is 38.1 Å². The zero-order valence-electron chi connectivity index (χ0n) is 21.3. The fourth-order valence-electron chi connectivity index (χ4n) is 3.50. The first-order valence-electron chi connectivity index (χ1n) is 11.3. The number of aromatic nitrogens is 1. The molecular weight excluding hydrogens is 573 g/mol. The Bertz CT molecular complexity index is 1490. The monoisotopic (exact) mass is 594 g/mol. The van der Waals surface area contributed by atoms with Crippen LogP contribution in [-0.2, 0) is 14.3 Å². The molecule has 3 aromatic rings. The van der Waals surface area contributed by atoms with E-state index in [0.29, 0.717) is 16.3 Å². The molecule has 6 N–H and O–H groups in total. The van der Waals surface area contributed by atoms with Gasteiger partial charge in [-0.15, -0.1) is 0 Å². The Morgan fingerprint density at radius 2 is 1.73 bits per heavy atom. The molecule has 1 unspecified atom stereocenters. The van der Waals surface area contributed by atoms with Crippen LogP contribution >= 0.6 is 11.6 Å². The molecule has 2 aromatic carbocycles. The molecule has 1 atom stereocenters. The van der Waals surface area contributed by atoms with Gasteiger partial charge in [-0.2, -0.15) is 13.2 Å². The molecule has 41 heavy (non-hydrogen) atoms.